The van der Waals surface area contributed by atoms with Crippen LogP contribution in [-0.2, 0) is 25.6 Å². The molecule has 6 unspecified atom stereocenters. The fourth-order valence-electron chi connectivity index (χ4n) is 9.18. The van der Waals surface area contributed by atoms with Crippen LogP contribution in [0.2, 0.25) is 0 Å². The number of aromatic hydroxyl groups is 1. The van der Waals surface area contributed by atoms with E-state index in [1.165, 1.54) is 45.7 Å². The van der Waals surface area contributed by atoms with Crippen LogP contribution in [0.5, 0.6) is 5.75 Å². The number of fused-ring (bicyclic) bond motifs is 14. The number of nitrogens with two attached hydrogens (primary N) is 1. The van der Waals surface area contributed by atoms with Gasteiger partial charge in [-0.25, -0.2) is 34.7 Å². The minimum absolute atomic E-state index is 0.0144. The zero-order valence-corrected chi connectivity index (χ0v) is 52.8. The highest BCUT2D eigenvalue weighted by atomic mass is 32.1. The molecular weight excluding hydrogens is 1290 g/mol. The lowest BCUT2D eigenvalue weighted by Crippen LogP contribution is -2.49. The van der Waals surface area contributed by atoms with Gasteiger partial charge in [-0.2, -0.15) is 4.73 Å². The number of nitrogens with zero attached hydrogens (tertiary/aromatic N) is 7. The summed E-state index contributed by atoms with van der Waals surface area (Å²) in [6.07, 6.45) is -1.35. The first-order chi connectivity index (χ1) is 43.5. The fourth-order valence-corrected chi connectivity index (χ4v) is 14.5. The number of aliphatic carboxylic acids is 1. The molecule has 1 aliphatic rings. The van der Waals surface area contributed by atoms with Gasteiger partial charge in [-0.05, 0) is 42.2 Å². The summed E-state index contributed by atoms with van der Waals surface area (Å²) in [5.74, 6) is -7.45. The Morgan fingerprint density at radius 1 is 0.692 bits per heavy atom. The molecule has 7 aromatic heterocycles. The predicted molar refractivity (Wildman–Crippen MR) is 339 cm³/mol. The van der Waals surface area contributed by atoms with Crippen molar-refractivity contribution >= 4 is 115 Å². The number of pyridine rings is 1. The minimum atomic E-state index is -1.51. The topological polar surface area (TPSA) is 400 Å². The number of thiazole rings is 6. The third-order valence-electron chi connectivity index (χ3n) is 14.1. The van der Waals surface area contributed by atoms with E-state index in [1.807, 2.05) is 19.2 Å². The van der Waals surface area contributed by atoms with Crippen LogP contribution in [0.4, 0.5) is 0 Å². The zero-order chi connectivity index (χ0) is 64.9. The zero-order valence-electron chi connectivity index (χ0n) is 47.9. The molecule has 0 radical (unpaired) electrons. The third kappa shape index (κ3) is 14.4. The van der Waals surface area contributed by atoms with Gasteiger partial charge in [0.25, 0.3) is 40.9 Å². The van der Waals surface area contributed by atoms with E-state index in [0.29, 0.717) is 42.9 Å². The molecule has 8 heterocycles. The second kappa shape index (κ2) is 27.5. The number of phenols is 1. The number of carbonyl (C=O) groups is 8. The maximum Gasteiger partial charge on any atom is 0.351 e. The van der Waals surface area contributed by atoms with E-state index in [-0.39, 0.29) is 83.5 Å². The van der Waals surface area contributed by atoms with Crippen LogP contribution >= 0.6 is 68.0 Å². The van der Waals surface area contributed by atoms with Gasteiger partial charge < -0.3 is 58.2 Å². The predicted octanol–water partition coefficient (Wildman–Crippen LogP) is 6.81. The average molecular weight is 1340 g/mol. The number of aliphatic hydroxyl groups is 1. The summed E-state index contributed by atoms with van der Waals surface area (Å²) in [6.45, 7) is 12.2. The Kier molecular flexibility index (Phi) is 19.4. The first kappa shape index (κ1) is 64.2. The van der Waals surface area contributed by atoms with Crippen molar-refractivity contribution in [3.8, 4) is 49.1 Å². The molecule has 32 heteroatoms. The number of hydrogen-bond donors (Lipinski definition) is 10. The number of aromatic nitrogens is 7. The van der Waals surface area contributed by atoms with Gasteiger partial charge in [-0.15, -0.1) is 68.0 Å². The number of primary amides is 1. The second-order valence-electron chi connectivity index (χ2n) is 20.4. The maximum atomic E-state index is 15.0. The Labute approximate surface area is 540 Å². The van der Waals surface area contributed by atoms with E-state index in [0.717, 1.165) is 56.7 Å². The van der Waals surface area contributed by atoms with Crippen LogP contribution in [0.1, 0.15) is 124 Å². The van der Waals surface area contributed by atoms with E-state index < -0.39 is 95.4 Å². The monoisotopic (exact) mass is 1340 g/mol. The number of nitrogens with one attached hydrogen (secondary N) is 6. The molecule has 10 bridgehead atoms. The summed E-state index contributed by atoms with van der Waals surface area (Å²) in [7, 11) is 0. The SMILES string of the molecule is C=C(NC(=O)C(=C)NC(=O)c1csc(-c2ccc3c([n+]2[O-])-c2csc(n2)-c2csc(n2)C(C(C)CC)NC(=O)C(Cc2ccc(O)cc2)NC(=O)c2csc(n2)C(C(O)c2ccccc2)NC(=O)c2nc(sc2C)C(CC(N)=O)NC(=O)c2csc-3n2)n1)C(=O)O. The van der Waals surface area contributed by atoms with Crippen molar-refractivity contribution in [2.45, 2.75) is 70.3 Å². The van der Waals surface area contributed by atoms with Gasteiger partial charge in [0.15, 0.2) is 5.01 Å². The summed E-state index contributed by atoms with van der Waals surface area (Å²) in [5.41, 5.74) is 5.46. The number of phenolic OH excluding ortho intramolecular Hbond substituents is 1. The van der Waals surface area contributed by atoms with Crippen molar-refractivity contribution < 1.29 is 58.4 Å². The fraction of sp³-hybridized carbons (Fsp3) is 0.203. The minimum Gasteiger partial charge on any atom is -0.618 e. The Morgan fingerprint density at radius 3 is 2.02 bits per heavy atom. The van der Waals surface area contributed by atoms with Gasteiger partial charge in [-0.1, -0.05) is 75.9 Å². The van der Waals surface area contributed by atoms with E-state index in [2.05, 4.69) is 59.7 Å². The van der Waals surface area contributed by atoms with E-state index in [1.54, 1.807) is 66.2 Å². The van der Waals surface area contributed by atoms with Crippen LogP contribution in [0, 0.1) is 18.0 Å². The summed E-state index contributed by atoms with van der Waals surface area (Å²) in [6, 6.07) is 13.1. The molecule has 0 spiro atoms. The van der Waals surface area contributed by atoms with Gasteiger partial charge in [-0.3, -0.25) is 33.6 Å². The molecular formula is C59H52N14O12S6. The highest BCUT2D eigenvalue weighted by molar-refractivity contribution is 7.15. The number of hydrogen-bond acceptors (Lipinski definition) is 23. The molecule has 466 valence electrons. The van der Waals surface area contributed by atoms with E-state index in [4.69, 9.17) is 20.8 Å². The molecule has 91 heavy (non-hydrogen) atoms. The first-order valence-electron chi connectivity index (χ1n) is 27.3. The maximum absolute atomic E-state index is 15.0. The molecule has 2 aromatic carbocycles. The van der Waals surface area contributed by atoms with Crippen molar-refractivity contribution in [2.75, 3.05) is 0 Å². The lowest BCUT2D eigenvalue weighted by atomic mass is 9.98. The summed E-state index contributed by atoms with van der Waals surface area (Å²) in [4.78, 5) is 136. The number of rotatable bonds is 14. The molecule has 1 aliphatic heterocycles. The van der Waals surface area contributed by atoms with Gasteiger partial charge in [0.2, 0.25) is 11.8 Å². The Hall–Kier alpha value is -9.83. The van der Waals surface area contributed by atoms with Crippen LogP contribution in [0.3, 0.4) is 0 Å². The molecule has 0 aliphatic carbocycles. The molecule has 0 fully saturated rings. The number of aliphatic hydroxyl groups excluding tert-OH is 1. The van der Waals surface area contributed by atoms with Crippen LogP contribution in [-0.4, -0.2) is 98.6 Å². The molecule has 10 rings (SSSR count). The third-order valence-corrected chi connectivity index (χ3v) is 19.7. The van der Waals surface area contributed by atoms with Crippen molar-refractivity contribution in [3.05, 3.63) is 177 Å². The standard InChI is InChI=1S/C59H52N14O12S6/c1-6-25(2)42-57-69-39(24-90-57)54-65-35(20-87-54)45-32(16-17-40(73(45)85)56-67-36(22-88-56)49(79)61-26(3)47(77)62-27(4)59(83)84)53-66-37(21-86-53)51(81)64-34(19-41(60)75)55-72-43(28(5)91-55)52(82)71-44(46(76)30-10-8-7-9-11-30)58-68-38(23-89-58)50(80)63-33(48(78)70-42)18-29-12-14-31(74)15-13-29/h7-17,20-25,33-34,42,44,46,74,76H,3-4,6,18-19H2,1-2,5H3,(H2,60,75)(H,61,79)(H,62,77)(H,63,80)(H,64,81)(H,70,78)(H,71,82)(H,83,84). The Balaban J connectivity index is 1.06. The lowest BCUT2D eigenvalue weighted by Gasteiger charge is -2.26. The first-order valence-corrected chi connectivity index (χ1v) is 32.5. The number of amides is 7. The second-order valence-corrected chi connectivity index (χ2v) is 26.0. The highest BCUT2D eigenvalue weighted by Gasteiger charge is 2.35. The van der Waals surface area contributed by atoms with Crippen molar-refractivity contribution in [3.63, 3.8) is 0 Å². The summed E-state index contributed by atoms with van der Waals surface area (Å²) < 4.78 is 0.536. The van der Waals surface area contributed by atoms with Crippen LogP contribution in [0.25, 0.3) is 43.4 Å². The Bertz CT molecular complexity index is 4340. The number of carboxylic acids is 1. The molecule has 0 saturated carbocycles. The summed E-state index contributed by atoms with van der Waals surface area (Å²) in [5, 5.41) is 70.9. The lowest BCUT2D eigenvalue weighted by molar-refractivity contribution is -0.581. The van der Waals surface area contributed by atoms with Crippen LogP contribution < -0.4 is 42.4 Å². The highest BCUT2D eigenvalue weighted by Crippen LogP contribution is 2.39. The van der Waals surface area contributed by atoms with Gasteiger partial charge in [0.1, 0.15) is 88.8 Å². The number of carbonyl (C=O) groups excluding carboxylic acids is 7. The number of carboxylic acid groups (broad SMARTS) is 1. The van der Waals surface area contributed by atoms with Gasteiger partial charge >= 0.3 is 5.97 Å². The quantitative estimate of drug-likeness (QED) is 0.0303. The molecule has 7 amide bonds. The smallest absolute Gasteiger partial charge is 0.351 e. The number of benzene rings is 2. The molecule has 9 aromatic rings. The van der Waals surface area contributed by atoms with Crippen LogP contribution in [0.15, 0.2) is 118 Å². The largest absolute Gasteiger partial charge is 0.618 e. The van der Waals surface area contributed by atoms with E-state index >= 15 is 5.21 Å². The normalized spacial score (nSPS) is 16.8. The van der Waals surface area contributed by atoms with Crippen molar-refractivity contribution in [2.24, 2.45) is 11.7 Å². The molecule has 0 saturated heterocycles. The molecule has 6 atom stereocenters. The average Bonchev–Trinajstić information content (AvgIpc) is 1.74. The molecule has 11 N–H and O–H groups in total. The Morgan fingerprint density at radius 2 is 1.32 bits per heavy atom. The van der Waals surface area contributed by atoms with Crippen molar-refractivity contribution in [1.29, 1.82) is 0 Å². The summed E-state index contributed by atoms with van der Waals surface area (Å²) >= 11 is 6.26. The van der Waals surface area contributed by atoms with E-state index in [9.17, 15) is 48.6 Å². The molecule has 26 nitrogen and oxygen atoms in total. The van der Waals surface area contributed by atoms with Gasteiger partial charge in [0, 0.05) is 44.3 Å². The van der Waals surface area contributed by atoms with Gasteiger partial charge in [0.05, 0.1) is 29.8 Å². The van der Waals surface area contributed by atoms with Crippen molar-refractivity contribution in [1.82, 2.24) is 61.8 Å². The number of aryl methyl sites for hydroxylation is 1.